The number of ether oxygens (including phenoxy) is 1. The van der Waals surface area contributed by atoms with E-state index in [0.29, 0.717) is 6.61 Å². The first-order valence-corrected chi connectivity index (χ1v) is 16.9. The standard InChI is InChI=1S/C23H45BrO2Si/c1-4-20-23(25)26-21-18-16-14-12-10-8-6-5-7-9-11-13-15-17-19-22-27(2,3)24/h4,20H,5-19,21-22H2,1-3H3. The molecule has 0 aliphatic carbocycles. The lowest BCUT2D eigenvalue weighted by molar-refractivity contribution is -0.137. The fraction of sp³-hybridized carbons (Fsp3) is 0.870. The van der Waals surface area contributed by atoms with Crippen LogP contribution in [0.3, 0.4) is 0 Å². The van der Waals surface area contributed by atoms with Gasteiger partial charge >= 0.3 is 5.97 Å². The van der Waals surface area contributed by atoms with Crippen molar-refractivity contribution in [2.75, 3.05) is 6.61 Å². The molecule has 27 heavy (non-hydrogen) atoms. The molecule has 0 fully saturated rings. The van der Waals surface area contributed by atoms with E-state index < -0.39 is 6.69 Å². The second-order valence-corrected chi connectivity index (χ2v) is 18.8. The first-order chi connectivity index (χ1) is 13.0. The number of hydrogen-bond donors (Lipinski definition) is 0. The molecule has 0 aliphatic rings. The van der Waals surface area contributed by atoms with Crippen molar-refractivity contribution >= 4 is 28.0 Å². The van der Waals surface area contributed by atoms with Crippen LogP contribution in [-0.4, -0.2) is 19.3 Å². The van der Waals surface area contributed by atoms with Crippen molar-refractivity contribution in [3.63, 3.8) is 0 Å². The molecule has 0 unspecified atom stereocenters. The van der Waals surface area contributed by atoms with Crippen molar-refractivity contribution in [3.05, 3.63) is 12.2 Å². The quantitative estimate of drug-likeness (QED) is 0.0633. The Kier molecular flexibility index (Phi) is 19.2. The molecule has 0 aromatic carbocycles. The van der Waals surface area contributed by atoms with Crippen LogP contribution >= 0.6 is 15.3 Å². The van der Waals surface area contributed by atoms with E-state index in [0.717, 1.165) is 6.42 Å². The highest BCUT2D eigenvalue weighted by Crippen LogP contribution is 2.21. The normalized spacial score (nSPS) is 12.0. The van der Waals surface area contributed by atoms with Gasteiger partial charge in [-0.2, -0.15) is 0 Å². The summed E-state index contributed by atoms with van der Waals surface area (Å²) in [6.07, 6.45) is 23.6. The maximum Gasteiger partial charge on any atom is 0.330 e. The maximum absolute atomic E-state index is 11.1. The largest absolute Gasteiger partial charge is 0.463 e. The molecule has 0 aromatic heterocycles. The molecule has 0 aromatic rings. The van der Waals surface area contributed by atoms with Gasteiger partial charge in [-0.25, -0.2) is 4.79 Å². The molecule has 0 atom stereocenters. The van der Waals surface area contributed by atoms with Gasteiger partial charge in [-0.1, -0.05) is 109 Å². The zero-order chi connectivity index (χ0) is 20.2. The number of carbonyl (C=O) groups is 1. The molecule has 0 spiro atoms. The fourth-order valence-corrected chi connectivity index (χ4v) is 5.23. The summed E-state index contributed by atoms with van der Waals surface area (Å²) < 4.78 is 5.09. The van der Waals surface area contributed by atoms with E-state index in [2.05, 4.69) is 28.4 Å². The number of rotatable bonds is 19. The summed E-state index contributed by atoms with van der Waals surface area (Å²) in [5.74, 6) is -0.210. The third-order valence-electron chi connectivity index (χ3n) is 4.96. The van der Waals surface area contributed by atoms with Crippen molar-refractivity contribution in [1.29, 1.82) is 0 Å². The van der Waals surface area contributed by atoms with Crippen molar-refractivity contribution in [3.8, 4) is 0 Å². The number of halogens is 1. The van der Waals surface area contributed by atoms with E-state index in [1.165, 1.54) is 102 Å². The smallest absolute Gasteiger partial charge is 0.330 e. The van der Waals surface area contributed by atoms with E-state index in [1.807, 2.05) is 6.92 Å². The Morgan fingerprint density at radius 3 is 1.48 bits per heavy atom. The van der Waals surface area contributed by atoms with Crippen molar-refractivity contribution in [2.45, 2.75) is 122 Å². The summed E-state index contributed by atoms with van der Waals surface area (Å²) in [6, 6.07) is 1.43. The van der Waals surface area contributed by atoms with Crippen LogP contribution < -0.4 is 0 Å². The number of hydrogen-bond acceptors (Lipinski definition) is 2. The van der Waals surface area contributed by atoms with Crippen LogP contribution in [0.4, 0.5) is 0 Å². The van der Waals surface area contributed by atoms with Gasteiger partial charge in [0, 0.05) is 6.08 Å². The summed E-state index contributed by atoms with van der Waals surface area (Å²) in [5.41, 5.74) is 0. The summed E-state index contributed by atoms with van der Waals surface area (Å²) in [7, 11) is 0. The van der Waals surface area contributed by atoms with Crippen LogP contribution in [0.15, 0.2) is 12.2 Å². The summed E-state index contributed by atoms with van der Waals surface area (Å²) in [6.45, 7) is 6.22. The topological polar surface area (TPSA) is 26.3 Å². The molecule has 0 saturated heterocycles. The molecule has 0 rings (SSSR count). The van der Waals surface area contributed by atoms with Gasteiger partial charge < -0.3 is 4.74 Å². The lowest BCUT2D eigenvalue weighted by atomic mass is 10.0. The van der Waals surface area contributed by atoms with Crippen LogP contribution in [0.1, 0.15) is 103 Å². The Morgan fingerprint density at radius 1 is 0.741 bits per heavy atom. The predicted molar refractivity (Wildman–Crippen MR) is 126 cm³/mol. The molecular formula is C23H45BrO2Si. The van der Waals surface area contributed by atoms with Gasteiger partial charge in [-0.05, 0) is 19.4 Å². The minimum absolute atomic E-state index is 0.210. The SMILES string of the molecule is CC=CC(=O)OCCCCCCCCCCCCCCCCC[Si](C)(C)Br. The van der Waals surface area contributed by atoms with Gasteiger partial charge in [0.15, 0.2) is 0 Å². The first-order valence-electron chi connectivity index (χ1n) is 11.4. The second kappa shape index (κ2) is 19.2. The van der Waals surface area contributed by atoms with E-state index in [1.54, 1.807) is 6.08 Å². The Morgan fingerprint density at radius 2 is 1.11 bits per heavy atom. The van der Waals surface area contributed by atoms with Crippen molar-refractivity contribution in [1.82, 2.24) is 0 Å². The highest BCUT2D eigenvalue weighted by molar-refractivity contribution is 9.26. The van der Waals surface area contributed by atoms with Crippen LogP contribution in [0.25, 0.3) is 0 Å². The number of unbranched alkanes of at least 4 members (excludes halogenated alkanes) is 14. The molecule has 0 bridgehead atoms. The van der Waals surface area contributed by atoms with Gasteiger partial charge in [-0.3, -0.25) is 0 Å². The highest BCUT2D eigenvalue weighted by Gasteiger charge is 2.14. The lowest BCUT2D eigenvalue weighted by Crippen LogP contribution is -2.13. The molecule has 0 amide bonds. The average Bonchev–Trinajstić information content (AvgIpc) is 2.60. The monoisotopic (exact) mass is 460 g/mol. The Balaban J connectivity index is 3.10. The molecule has 0 saturated carbocycles. The summed E-state index contributed by atoms with van der Waals surface area (Å²) in [4.78, 5) is 11.1. The molecule has 160 valence electrons. The summed E-state index contributed by atoms with van der Waals surface area (Å²) in [5, 5.41) is 0. The molecule has 2 nitrogen and oxygen atoms in total. The third-order valence-corrected chi connectivity index (χ3v) is 7.69. The van der Waals surface area contributed by atoms with E-state index >= 15 is 0 Å². The van der Waals surface area contributed by atoms with E-state index in [4.69, 9.17) is 4.74 Å². The molecular weight excluding hydrogens is 416 g/mol. The Hall–Kier alpha value is -0.0931. The number of esters is 1. The van der Waals surface area contributed by atoms with Crippen LogP contribution in [0.2, 0.25) is 19.1 Å². The van der Waals surface area contributed by atoms with Gasteiger partial charge in [0.25, 0.3) is 0 Å². The zero-order valence-electron chi connectivity index (χ0n) is 18.4. The van der Waals surface area contributed by atoms with Gasteiger partial charge in [0.05, 0.1) is 6.61 Å². The number of allylic oxidation sites excluding steroid dienone is 1. The minimum Gasteiger partial charge on any atom is -0.463 e. The summed E-state index contributed by atoms with van der Waals surface area (Å²) >= 11 is 3.86. The fourth-order valence-electron chi connectivity index (χ4n) is 3.30. The Bertz CT molecular complexity index is 364. The lowest BCUT2D eigenvalue weighted by Gasteiger charge is -2.12. The van der Waals surface area contributed by atoms with Crippen LogP contribution in [0, 0.1) is 0 Å². The average molecular weight is 462 g/mol. The molecule has 0 aliphatic heterocycles. The minimum atomic E-state index is -0.981. The zero-order valence-corrected chi connectivity index (χ0v) is 21.0. The number of carbonyl (C=O) groups excluding carboxylic acids is 1. The van der Waals surface area contributed by atoms with Gasteiger partial charge in [0.2, 0.25) is 0 Å². The predicted octanol–water partition coefficient (Wildman–Crippen LogP) is 8.56. The highest BCUT2D eigenvalue weighted by atomic mass is 79.9. The molecule has 0 heterocycles. The van der Waals surface area contributed by atoms with E-state index in [-0.39, 0.29) is 5.97 Å². The van der Waals surface area contributed by atoms with Crippen LogP contribution in [0.5, 0.6) is 0 Å². The van der Waals surface area contributed by atoms with Gasteiger partial charge in [0.1, 0.15) is 6.69 Å². The molecule has 0 N–H and O–H groups in total. The third kappa shape index (κ3) is 23.9. The van der Waals surface area contributed by atoms with Crippen LogP contribution in [-0.2, 0) is 9.53 Å². The van der Waals surface area contributed by atoms with E-state index in [9.17, 15) is 4.79 Å². The molecule has 4 heteroatoms. The first kappa shape index (κ1) is 26.9. The second-order valence-electron chi connectivity index (χ2n) is 8.44. The Labute approximate surface area is 178 Å². The van der Waals surface area contributed by atoms with Gasteiger partial charge in [-0.15, -0.1) is 15.3 Å². The maximum atomic E-state index is 11.1. The van der Waals surface area contributed by atoms with Crippen molar-refractivity contribution in [2.24, 2.45) is 0 Å². The van der Waals surface area contributed by atoms with Crippen molar-refractivity contribution < 1.29 is 9.53 Å². The molecule has 0 radical (unpaired) electrons.